The van der Waals surface area contributed by atoms with E-state index >= 15 is 0 Å². The molecular weight excluding hydrogens is 378 g/mol. The van der Waals surface area contributed by atoms with E-state index in [1.165, 1.54) is 22.8 Å². The van der Waals surface area contributed by atoms with Crippen LogP contribution in [0.5, 0.6) is 5.75 Å². The van der Waals surface area contributed by atoms with Crippen LogP contribution in [0.2, 0.25) is 0 Å². The zero-order valence-corrected chi connectivity index (χ0v) is 16.5. The molecule has 0 spiro atoms. The fourth-order valence-corrected chi connectivity index (χ4v) is 2.84. The summed E-state index contributed by atoms with van der Waals surface area (Å²) in [6.45, 7) is 2.72. The van der Waals surface area contributed by atoms with Crippen LogP contribution < -0.4 is 15.6 Å². The summed E-state index contributed by atoms with van der Waals surface area (Å²) >= 11 is 0. The fraction of sp³-hybridized carbons (Fsp3) is 0.625. The van der Waals surface area contributed by atoms with Crippen molar-refractivity contribution in [2.45, 2.75) is 26.4 Å². The number of aromatic nitrogens is 1. The maximum Gasteiger partial charge on any atom is 0.277 e. The van der Waals surface area contributed by atoms with Gasteiger partial charge in [0.1, 0.15) is 13.3 Å². The van der Waals surface area contributed by atoms with Crippen LogP contribution in [0.15, 0.2) is 10.9 Å². The Labute approximate surface area is 158 Å². The largest absolute Gasteiger partial charge is 0.487 e. The lowest BCUT2D eigenvalue weighted by molar-refractivity contribution is 0.0657. The average molecular weight is 403 g/mol. The minimum Gasteiger partial charge on any atom is -0.487 e. The van der Waals surface area contributed by atoms with Crippen LogP contribution in [-0.2, 0) is 25.6 Å². The maximum absolute atomic E-state index is 12.9. The molecule has 152 valence electrons. The van der Waals surface area contributed by atoms with Crippen molar-refractivity contribution in [1.29, 1.82) is 0 Å². The number of methoxy groups -OCH3 is 1. The summed E-state index contributed by atoms with van der Waals surface area (Å²) in [6, 6.07) is 1.21. The lowest BCUT2D eigenvalue weighted by Crippen LogP contribution is -2.48. The van der Waals surface area contributed by atoms with Gasteiger partial charge in [0.25, 0.3) is 16.0 Å². The molecule has 0 aliphatic carbocycles. The smallest absolute Gasteiger partial charge is 0.277 e. The van der Waals surface area contributed by atoms with Crippen LogP contribution in [0.4, 0.5) is 0 Å². The molecule has 10 nitrogen and oxygen atoms in total. The highest BCUT2D eigenvalue weighted by Gasteiger charge is 2.31. The Bertz CT molecular complexity index is 835. The summed E-state index contributed by atoms with van der Waals surface area (Å²) < 4.78 is 39.3. The van der Waals surface area contributed by atoms with Gasteiger partial charge in [0.05, 0.1) is 25.2 Å². The Morgan fingerprint density at radius 2 is 2.00 bits per heavy atom. The van der Waals surface area contributed by atoms with Gasteiger partial charge in [0, 0.05) is 19.7 Å². The Hall–Kier alpha value is -2.11. The van der Waals surface area contributed by atoms with E-state index in [0.717, 1.165) is 19.1 Å². The predicted molar refractivity (Wildman–Crippen MR) is 97.9 cm³/mol. The van der Waals surface area contributed by atoms with Crippen LogP contribution >= 0.6 is 0 Å². The second-order valence-electron chi connectivity index (χ2n) is 6.06. The number of fused-ring (bicyclic) bond motifs is 1. The normalized spacial score (nSPS) is 14.0. The molecule has 0 bridgehead atoms. The first kappa shape index (κ1) is 21.2. The van der Waals surface area contributed by atoms with E-state index in [-0.39, 0.29) is 30.4 Å². The summed E-state index contributed by atoms with van der Waals surface area (Å²) in [4.78, 5) is 26.9. The van der Waals surface area contributed by atoms with Gasteiger partial charge in [-0.2, -0.15) is 8.42 Å². The van der Waals surface area contributed by atoms with Crippen LogP contribution in [0, 0.1) is 0 Å². The van der Waals surface area contributed by atoms with Crippen molar-refractivity contribution in [2.24, 2.45) is 0 Å². The quantitative estimate of drug-likeness (QED) is 0.432. The lowest BCUT2D eigenvalue weighted by Gasteiger charge is -2.33. The minimum atomic E-state index is -3.71. The number of hydrogen-bond donors (Lipinski definition) is 1. The SMILES string of the molecule is CCCCOc1c2n(c(COS(C)(=O)=O)cc1=O)NCN(CCOC)C2=O. The van der Waals surface area contributed by atoms with E-state index in [9.17, 15) is 18.0 Å². The second-order valence-corrected chi connectivity index (χ2v) is 7.70. The van der Waals surface area contributed by atoms with Crippen molar-refractivity contribution < 1.29 is 26.9 Å². The molecule has 1 aliphatic rings. The number of nitrogens with zero attached hydrogens (tertiary/aromatic N) is 2. The van der Waals surface area contributed by atoms with Crippen LogP contribution in [0.25, 0.3) is 0 Å². The Kier molecular flexibility index (Phi) is 7.22. The van der Waals surface area contributed by atoms with Crippen LogP contribution in [-0.4, -0.2) is 63.7 Å². The van der Waals surface area contributed by atoms with Gasteiger partial charge in [-0.3, -0.25) is 18.4 Å². The highest BCUT2D eigenvalue weighted by atomic mass is 32.2. The van der Waals surface area contributed by atoms with E-state index in [1.807, 2.05) is 6.92 Å². The predicted octanol–water partition coefficient (Wildman–Crippen LogP) is 0.107. The van der Waals surface area contributed by atoms with Crippen molar-refractivity contribution in [3.8, 4) is 5.75 Å². The summed E-state index contributed by atoms with van der Waals surface area (Å²) in [7, 11) is -2.18. The molecule has 1 N–H and O–H groups in total. The summed E-state index contributed by atoms with van der Waals surface area (Å²) in [5, 5.41) is 0. The van der Waals surface area contributed by atoms with Crippen molar-refractivity contribution in [2.75, 3.05) is 45.2 Å². The van der Waals surface area contributed by atoms with Crippen LogP contribution in [0.1, 0.15) is 35.9 Å². The third-order valence-corrected chi connectivity index (χ3v) is 4.43. The molecule has 1 aromatic rings. The number of rotatable bonds is 10. The molecule has 0 aromatic carbocycles. The molecule has 0 radical (unpaired) electrons. The third-order valence-electron chi connectivity index (χ3n) is 3.89. The molecule has 1 amide bonds. The second kappa shape index (κ2) is 9.20. The van der Waals surface area contributed by atoms with Gasteiger partial charge in [0.2, 0.25) is 5.43 Å². The zero-order chi connectivity index (χ0) is 20.0. The van der Waals surface area contributed by atoms with E-state index < -0.39 is 21.5 Å². The zero-order valence-electron chi connectivity index (χ0n) is 15.7. The number of nitrogens with one attached hydrogen (secondary N) is 1. The van der Waals surface area contributed by atoms with E-state index in [1.54, 1.807) is 0 Å². The molecule has 0 atom stereocenters. The van der Waals surface area contributed by atoms with Gasteiger partial charge >= 0.3 is 0 Å². The Morgan fingerprint density at radius 3 is 2.63 bits per heavy atom. The number of unbranched alkanes of at least 4 members (excludes halogenated alkanes) is 1. The van der Waals surface area contributed by atoms with Crippen molar-refractivity contribution >= 4 is 16.0 Å². The molecule has 1 aliphatic heterocycles. The topological polar surface area (TPSA) is 116 Å². The molecule has 0 fully saturated rings. The molecular formula is C16H25N3O7S. The average Bonchev–Trinajstić information content (AvgIpc) is 2.60. The Balaban J connectivity index is 2.44. The van der Waals surface area contributed by atoms with Gasteiger partial charge in [-0.1, -0.05) is 13.3 Å². The highest BCUT2D eigenvalue weighted by molar-refractivity contribution is 7.85. The molecule has 1 aromatic heterocycles. The first-order chi connectivity index (χ1) is 12.8. The van der Waals surface area contributed by atoms with Crippen molar-refractivity contribution in [1.82, 2.24) is 9.58 Å². The number of pyridine rings is 1. The van der Waals surface area contributed by atoms with Gasteiger partial charge in [-0.25, -0.2) is 0 Å². The summed E-state index contributed by atoms with van der Waals surface area (Å²) in [5.74, 6) is -0.471. The number of ether oxygens (including phenoxy) is 2. The molecule has 2 heterocycles. The molecule has 0 unspecified atom stereocenters. The maximum atomic E-state index is 12.9. The lowest BCUT2D eigenvalue weighted by atomic mass is 10.2. The molecule has 0 saturated carbocycles. The Morgan fingerprint density at radius 1 is 1.26 bits per heavy atom. The standard InChI is InChI=1S/C16H25N3O7S/c1-4-5-7-25-15-13(20)9-12(10-26-27(3,22)23)19-14(15)16(21)18(11-17-19)6-8-24-2/h9,17H,4-8,10-11H2,1-3H3. The van der Waals surface area contributed by atoms with Gasteiger partial charge < -0.3 is 19.8 Å². The van der Waals surface area contributed by atoms with Crippen molar-refractivity contribution in [3.63, 3.8) is 0 Å². The third kappa shape index (κ3) is 5.44. The van der Waals surface area contributed by atoms with E-state index in [0.29, 0.717) is 19.8 Å². The van der Waals surface area contributed by atoms with Crippen molar-refractivity contribution in [3.05, 3.63) is 27.7 Å². The van der Waals surface area contributed by atoms with E-state index in [4.69, 9.17) is 13.7 Å². The first-order valence-electron chi connectivity index (χ1n) is 8.56. The van der Waals surface area contributed by atoms with Gasteiger partial charge in [0.15, 0.2) is 11.4 Å². The number of hydrogen-bond acceptors (Lipinski definition) is 8. The molecule has 0 saturated heterocycles. The van der Waals surface area contributed by atoms with E-state index in [2.05, 4.69) is 5.43 Å². The van der Waals surface area contributed by atoms with Gasteiger partial charge in [-0.05, 0) is 6.42 Å². The first-order valence-corrected chi connectivity index (χ1v) is 10.4. The fourth-order valence-electron chi connectivity index (χ4n) is 2.51. The van der Waals surface area contributed by atoms with Gasteiger partial charge in [-0.15, -0.1) is 0 Å². The number of amides is 1. The monoisotopic (exact) mass is 403 g/mol. The molecule has 2 rings (SSSR count). The summed E-state index contributed by atoms with van der Waals surface area (Å²) in [6.07, 6.45) is 2.51. The van der Waals surface area contributed by atoms with Crippen LogP contribution in [0.3, 0.4) is 0 Å². The highest BCUT2D eigenvalue weighted by Crippen LogP contribution is 2.21. The molecule has 11 heteroatoms. The molecule has 27 heavy (non-hydrogen) atoms. The summed E-state index contributed by atoms with van der Waals surface area (Å²) in [5.41, 5.74) is 2.71. The number of carbonyl (C=O) groups is 1. The minimum absolute atomic E-state index is 0.0213. The number of carbonyl (C=O) groups excluding carboxylic acids is 1.